The van der Waals surface area contributed by atoms with E-state index in [1.807, 2.05) is 0 Å². The summed E-state index contributed by atoms with van der Waals surface area (Å²) in [5, 5.41) is 19.7. The van der Waals surface area contributed by atoms with Crippen molar-refractivity contribution in [2.75, 3.05) is 32.0 Å². The molecule has 0 aliphatic carbocycles. The molecule has 2 amide bonds. The molecule has 2 aliphatic heterocycles. The minimum Gasteiger partial charge on any atom is -0.507 e. The summed E-state index contributed by atoms with van der Waals surface area (Å²) in [6.45, 7) is 1.88. The maximum Gasteiger partial charge on any atom is 0.251 e. The Morgan fingerprint density at radius 2 is 1.62 bits per heavy atom. The number of hydrogen-bond donors (Lipinski definition) is 5. The lowest BCUT2D eigenvalue weighted by Crippen LogP contribution is -2.54. The Balaban J connectivity index is 0.00000370. The lowest BCUT2D eigenvalue weighted by molar-refractivity contribution is 0.0882. The quantitative estimate of drug-likeness (QED) is 0.280. The highest BCUT2D eigenvalue weighted by Gasteiger charge is 2.28. The van der Waals surface area contributed by atoms with Gasteiger partial charge < -0.3 is 36.3 Å². The highest BCUT2D eigenvalue weighted by molar-refractivity contribution is 6.13. The number of benzene rings is 2. The molecule has 12 heteroatoms. The van der Waals surface area contributed by atoms with E-state index < -0.39 is 5.78 Å². The number of aromatic nitrogens is 1. The van der Waals surface area contributed by atoms with Gasteiger partial charge in [0.25, 0.3) is 11.8 Å². The third-order valence-corrected chi connectivity index (χ3v) is 6.72. The number of carbonyl (C=O) groups is 3. The second kappa shape index (κ2) is 12.7. The van der Waals surface area contributed by atoms with Crippen LogP contribution in [-0.4, -0.2) is 66.1 Å². The number of halogens is 1. The number of carbonyl (C=O) groups excluding carboxylic acids is 3. The normalized spacial score (nSPS) is 18.0. The molecule has 0 spiro atoms. The third-order valence-electron chi connectivity index (χ3n) is 6.72. The minimum absolute atomic E-state index is 0. The van der Waals surface area contributed by atoms with Crippen molar-refractivity contribution in [1.29, 1.82) is 0 Å². The maximum atomic E-state index is 13.2. The Morgan fingerprint density at radius 1 is 0.925 bits per heavy atom. The largest absolute Gasteiger partial charge is 0.507 e. The van der Waals surface area contributed by atoms with E-state index in [0.717, 1.165) is 13.0 Å². The van der Waals surface area contributed by atoms with Crippen LogP contribution in [0.4, 0.5) is 5.82 Å². The minimum atomic E-state index is -0.448. The molecule has 5 rings (SSSR count). The molecule has 2 aromatic carbocycles. The number of phenolic OH excluding ortho intramolecular Hbond substituents is 1. The van der Waals surface area contributed by atoms with Crippen LogP contribution in [0.25, 0.3) is 0 Å². The second-order valence-corrected chi connectivity index (χ2v) is 9.37. The first kappa shape index (κ1) is 28.7. The topological polar surface area (TPSA) is 165 Å². The Morgan fingerprint density at radius 3 is 2.40 bits per heavy atom. The van der Waals surface area contributed by atoms with E-state index >= 15 is 0 Å². The summed E-state index contributed by atoms with van der Waals surface area (Å²) >= 11 is 0. The van der Waals surface area contributed by atoms with Crippen molar-refractivity contribution in [3.63, 3.8) is 0 Å². The molecular formula is C28H30ClN5O6. The summed E-state index contributed by atoms with van der Waals surface area (Å²) in [5.74, 6) is -0.447. The van der Waals surface area contributed by atoms with Gasteiger partial charge >= 0.3 is 0 Å². The number of anilines is 1. The van der Waals surface area contributed by atoms with E-state index in [9.17, 15) is 19.5 Å². The molecule has 0 saturated carbocycles. The van der Waals surface area contributed by atoms with E-state index in [1.165, 1.54) is 30.5 Å². The zero-order valence-electron chi connectivity index (χ0n) is 21.5. The summed E-state index contributed by atoms with van der Waals surface area (Å²) in [5.41, 5.74) is 6.75. The molecule has 40 heavy (non-hydrogen) atoms. The number of nitrogens with zero attached hydrogens (tertiary/aromatic N) is 1. The zero-order valence-corrected chi connectivity index (χ0v) is 22.3. The van der Waals surface area contributed by atoms with Crippen molar-refractivity contribution in [3.05, 3.63) is 77.0 Å². The van der Waals surface area contributed by atoms with E-state index in [0.29, 0.717) is 36.4 Å². The maximum absolute atomic E-state index is 13.2. The van der Waals surface area contributed by atoms with Gasteiger partial charge in [0, 0.05) is 29.4 Å². The number of nitrogens with one attached hydrogen (secondary N) is 3. The van der Waals surface area contributed by atoms with Gasteiger partial charge in [0.15, 0.2) is 11.5 Å². The van der Waals surface area contributed by atoms with Gasteiger partial charge in [-0.15, -0.1) is 12.4 Å². The smallest absolute Gasteiger partial charge is 0.251 e. The first-order valence-corrected chi connectivity index (χ1v) is 12.7. The molecule has 0 radical (unpaired) electrons. The van der Waals surface area contributed by atoms with Crippen molar-refractivity contribution in [3.8, 4) is 17.2 Å². The molecule has 2 atom stereocenters. The van der Waals surface area contributed by atoms with Crippen LogP contribution in [0.3, 0.4) is 0 Å². The van der Waals surface area contributed by atoms with Crippen LogP contribution in [0, 0.1) is 0 Å². The molecule has 210 valence electrons. The molecule has 1 fully saturated rings. The van der Waals surface area contributed by atoms with Crippen molar-refractivity contribution in [2.45, 2.75) is 24.9 Å². The Hall–Kier alpha value is -4.35. The number of fused-ring (bicyclic) bond motifs is 1. The highest BCUT2D eigenvalue weighted by atomic mass is 35.5. The van der Waals surface area contributed by atoms with Crippen molar-refractivity contribution in [2.24, 2.45) is 0 Å². The lowest BCUT2D eigenvalue weighted by Gasteiger charge is -2.27. The van der Waals surface area contributed by atoms with Crippen LogP contribution in [0.1, 0.15) is 49.5 Å². The van der Waals surface area contributed by atoms with Gasteiger partial charge in [0.1, 0.15) is 30.3 Å². The fraction of sp³-hybridized carbons (Fsp3) is 0.286. The number of nitrogens with two attached hydrogens (primary N) is 1. The Kier molecular flexibility index (Phi) is 9.08. The predicted octanol–water partition coefficient (Wildman–Crippen LogP) is 2.07. The summed E-state index contributed by atoms with van der Waals surface area (Å²) in [4.78, 5) is 43.1. The molecule has 6 N–H and O–H groups in total. The molecular weight excluding hydrogens is 538 g/mol. The van der Waals surface area contributed by atoms with Crippen LogP contribution in [0.15, 0.2) is 54.7 Å². The van der Waals surface area contributed by atoms with Crippen LogP contribution in [0.5, 0.6) is 17.2 Å². The number of rotatable bonds is 6. The van der Waals surface area contributed by atoms with Crippen molar-refractivity contribution in [1.82, 2.24) is 20.9 Å². The standard InChI is InChI=1S/C28H29N5O6.ClH/c29-23-14-18(9-11-31-23)28(37)33-20-15-30-10-1-2-19(20)32-27(36)17-5-3-16(4-6-17)25(35)24-21(34)7-8-22-26(24)39-13-12-38-22;/h3-9,11,14,19-20,30,34H,1-2,10,12-13,15H2,(H2,29,31)(H,32,36)(H,33,37);1H/t19-,20-;/m1./s1. The number of ether oxygens (including phenoxy) is 2. The molecule has 1 saturated heterocycles. The van der Waals surface area contributed by atoms with Crippen molar-refractivity contribution >= 4 is 35.8 Å². The molecule has 0 bridgehead atoms. The Bertz CT molecular complexity index is 1400. The van der Waals surface area contributed by atoms with Gasteiger partial charge in [-0.2, -0.15) is 0 Å². The SMILES string of the molecule is Cl.Nc1cc(C(=O)N[C@@H]2CNCCC[C@H]2NC(=O)c2ccc(C(=O)c3c(O)ccc4c3OCCO4)cc2)ccn1. The first-order chi connectivity index (χ1) is 18.9. The zero-order chi connectivity index (χ0) is 27.4. The van der Waals surface area contributed by atoms with Gasteiger partial charge in [-0.05, 0) is 55.8 Å². The molecule has 1 aromatic heterocycles. The van der Waals surface area contributed by atoms with Gasteiger partial charge in [-0.3, -0.25) is 14.4 Å². The van der Waals surface area contributed by atoms with Crippen LogP contribution in [0.2, 0.25) is 0 Å². The van der Waals surface area contributed by atoms with E-state index in [1.54, 1.807) is 24.3 Å². The first-order valence-electron chi connectivity index (χ1n) is 12.7. The number of nitrogen functional groups attached to an aromatic ring is 1. The highest BCUT2D eigenvalue weighted by Crippen LogP contribution is 2.40. The van der Waals surface area contributed by atoms with E-state index in [-0.39, 0.29) is 71.4 Å². The lowest BCUT2D eigenvalue weighted by atomic mass is 9.99. The van der Waals surface area contributed by atoms with Crippen LogP contribution >= 0.6 is 12.4 Å². The van der Waals surface area contributed by atoms with Gasteiger partial charge in [0.2, 0.25) is 5.78 Å². The van der Waals surface area contributed by atoms with Gasteiger partial charge in [-0.25, -0.2) is 4.98 Å². The number of ketones is 1. The van der Waals surface area contributed by atoms with Crippen molar-refractivity contribution < 1.29 is 29.0 Å². The van der Waals surface area contributed by atoms with E-state index in [4.69, 9.17) is 15.2 Å². The van der Waals surface area contributed by atoms with Gasteiger partial charge in [0.05, 0.1) is 12.1 Å². The van der Waals surface area contributed by atoms with Gasteiger partial charge in [-0.1, -0.05) is 12.1 Å². The Labute approximate surface area is 236 Å². The number of aromatic hydroxyl groups is 1. The second-order valence-electron chi connectivity index (χ2n) is 9.37. The fourth-order valence-corrected chi connectivity index (χ4v) is 4.71. The number of pyridine rings is 1. The fourth-order valence-electron chi connectivity index (χ4n) is 4.71. The third kappa shape index (κ3) is 6.27. The number of hydrogen-bond acceptors (Lipinski definition) is 9. The monoisotopic (exact) mass is 567 g/mol. The van der Waals surface area contributed by atoms with E-state index in [2.05, 4.69) is 20.9 Å². The summed E-state index contributed by atoms with van der Waals surface area (Å²) in [6.07, 6.45) is 2.96. The summed E-state index contributed by atoms with van der Waals surface area (Å²) < 4.78 is 11.1. The average molecular weight is 568 g/mol. The average Bonchev–Trinajstić information content (AvgIpc) is 3.17. The molecule has 3 heterocycles. The molecule has 0 unspecified atom stereocenters. The number of amides is 2. The number of phenols is 1. The summed E-state index contributed by atoms with van der Waals surface area (Å²) in [7, 11) is 0. The summed E-state index contributed by atoms with van der Waals surface area (Å²) in [6, 6.07) is 11.5. The molecule has 11 nitrogen and oxygen atoms in total. The molecule has 2 aliphatic rings. The predicted molar refractivity (Wildman–Crippen MR) is 149 cm³/mol. The van der Waals surface area contributed by atoms with Crippen LogP contribution in [-0.2, 0) is 0 Å². The van der Waals surface area contributed by atoms with Crippen LogP contribution < -0.4 is 31.2 Å². The molecule has 3 aromatic rings.